The van der Waals surface area contributed by atoms with Crippen molar-refractivity contribution in [2.24, 2.45) is 0 Å². The molecule has 0 radical (unpaired) electrons. The van der Waals surface area contributed by atoms with Gasteiger partial charge >= 0.3 is 5.76 Å². The summed E-state index contributed by atoms with van der Waals surface area (Å²) in [5.41, 5.74) is 1.38. The van der Waals surface area contributed by atoms with E-state index in [1.165, 1.54) is 4.57 Å². The number of nitrogens with zero attached hydrogens (tertiary/aromatic N) is 1. The summed E-state index contributed by atoms with van der Waals surface area (Å²) in [7, 11) is -3.33. The minimum Gasteiger partial charge on any atom is -0.486 e. The highest BCUT2D eigenvalue weighted by Gasteiger charge is 2.08. The lowest BCUT2D eigenvalue weighted by atomic mass is 10.1. The molecular formula is C19H18Cl2N2O5S. The van der Waals surface area contributed by atoms with Crippen molar-refractivity contribution in [3.05, 3.63) is 80.6 Å². The molecule has 1 heterocycles. The third-order valence-electron chi connectivity index (χ3n) is 3.92. The molecule has 3 rings (SSSR count). The molecule has 29 heavy (non-hydrogen) atoms. The zero-order valence-electron chi connectivity index (χ0n) is 15.4. The second kappa shape index (κ2) is 8.94. The molecule has 0 saturated heterocycles. The van der Waals surface area contributed by atoms with Gasteiger partial charge in [-0.15, -0.1) is 0 Å². The zero-order valence-corrected chi connectivity index (χ0v) is 17.7. The lowest BCUT2D eigenvalue weighted by Crippen LogP contribution is -2.14. The van der Waals surface area contributed by atoms with E-state index in [1.54, 1.807) is 42.6 Å². The summed E-state index contributed by atoms with van der Waals surface area (Å²) in [5, 5.41) is 0.950. The average Bonchev–Trinajstić information content (AvgIpc) is 3.01. The summed E-state index contributed by atoms with van der Waals surface area (Å²) in [6, 6.07) is 11.7. The van der Waals surface area contributed by atoms with Crippen LogP contribution < -0.4 is 15.2 Å². The Bertz CT molecular complexity index is 1150. The van der Waals surface area contributed by atoms with Gasteiger partial charge in [0, 0.05) is 12.2 Å². The van der Waals surface area contributed by atoms with Crippen molar-refractivity contribution in [2.75, 3.05) is 11.0 Å². The van der Waals surface area contributed by atoms with Crippen LogP contribution in [0.25, 0.3) is 0 Å². The minimum atomic E-state index is -3.33. The fourth-order valence-corrected chi connectivity index (χ4v) is 3.46. The number of nitrogens with one attached hydrogen (secondary N) is 1. The molecule has 0 aliphatic carbocycles. The van der Waals surface area contributed by atoms with Gasteiger partial charge in [0.1, 0.15) is 12.4 Å². The maximum atomic E-state index is 12.0. The summed E-state index contributed by atoms with van der Waals surface area (Å²) in [5.74, 6) is 0.411. The standard InChI is InChI=1S/C19H18Cl2N2O5S/c1-29(25,26)22-14-3-5-15(6-4-14)27-12-16-11-23(19(24)28-16)9-8-13-2-7-17(20)18(21)10-13/h2-7,10-11,22H,8-9,12H2,1H3. The van der Waals surface area contributed by atoms with Crippen LogP contribution in [0.5, 0.6) is 5.75 Å². The van der Waals surface area contributed by atoms with Gasteiger partial charge < -0.3 is 9.15 Å². The van der Waals surface area contributed by atoms with E-state index in [0.717, 1.165) is 11.8 Å². The smallest absolute Gasteiger partial charge is 0.419 e. The number of hydrogen-bond donors (Lipinski definition) is 1. The highest BCUT2D eigenvalue weighted by Crippen LogP contribution is 2.23. The number of ether oxygens (including phenoxy) is 1. The van der Waals surface area contributed by atoms with Gasteiger partial charge in [0.15, 0.2) is 5.76 Å². The van der Waals surface area contributed by atoms with E-state index in [9.17, 15) is 13.2 Å². The van der Waals surface area contributed by atoms with Crippen molar-refractivity contribution in [3.8, 4) is 5.75 Å². The highest BCUT2D eigenvalue weighted by atomic mass is 35.5. The molecule has 0 amide bonds. The summed E-state index contributed by atoms with van der Waals surface area (Å²) in [6.45, 7) is 0.486. The zero-order chi connectivity index (χ0) is 21.0. The van der Waals surface area contributed by atoms with E-state index >= 15 is 0 Å². The Balaban J connectivity index is 1.57. The van der Waals surface area contributed by atoms with Crippen LogP contribution in [-0.4, -0.2) is 19.2 Å². The number of benzene rings is 2. The van der Waals surface area contributed by atoms with E-state index in [0.29, 0.717) is 40.2 Å². The SMILES string of the molecule is CS(=O)(=O)Nc1ccc(OCc2cn(CCc3ccc(Cl)c(Cl)c3)c(=O)o2)cc1. The molecule has 0 aliphatic heterocycles. The Labute approximate surface area is 177 Å². The molecule has 0 spiro atoms. The van der Waals surface area contributed by atoms with Crippen molar-refractivity contribution in [1.82, 2.24) is 4.57 Å². The van der Waals surface area contributed by atoms with Gasteiger partial charge in [0.05, 0.1) is 22.5 Å². The van der Waals surface area contributed by atoms with Crippen molar-refractivity contribution in [1.29, 1.82) is 0 Å². The number of sulfonamides is 1. The van der Waals surface area contributed by atoms with Crippen molar-refractivity contribution >= 4 is 38.9 Å². The predicted molar refractivity (Wildman–Crippen MR) is 112 cm³/mol. The minimum absolute atomic E-state index is 0.0634. The number of hydrogen-bond acceptors (Lipinski definition) is 5. The van der Waals surface area contributed by atoms with Crippen molar-refractivity contribution in [3.63, 3.8) is 0 Å². The van der Waals surface area contributed by atoms with Gasteiger partial charge in [-0.25, -0.2) is 13.2 Å². The Kier molecular flexibility index (Phi) is 6.56. The van der Waals surface area contributed by atoms with Crippen LogP contribution in [0.1, 0.15) is 11.3 Å². The molecule has 0 fully saturated rings. The molecule has 1 N–H and O–H groups in total. The molecule has 0 bridgehead atoms. The maximum absolute atomic E-state index is 12.0. The fourth-order valence-electron chi connectivity index (χ4n) is 2.58. The number of anilines is 1. The predicted octanol–water partition coefficient (Wildman–Crippen LogP) is 3.94. The Hall–Kier alpha value is -2.42. The third-order valence-corrected chi connectivity index (χ3v) is 5.26. The van der Waals surface area contributed by atoms with Gasteiger partial charge in [-0.3, -0.25) is 9.29 Å². The van der Waals surface area contributed by atoms with Gasteiger partial charge in [-0.1, -0.05) is 29.3 Å². The van der Waals surface area contributed by atoms with Crippen LogP contribution in [0.2, 0.25) is 10.0 Å². The lowest BCUT2D eigenvalue weighted by Gasteiger charge is -2.06. The summed E-state index contributed by atoms with van der Waals surface area (Å²) >= 11 is 11.9. The van der Waals surface area contributed by atoms with Gasteiger partial charge in [0.2, 0.25) is 10.0 Å². The Morgan fingerprint density at radius 2 is 1.83 bits per heavy atom. The second-order valence-corrected chi connectivity index (χ2v) is 8.91. The fraction of sp³-hybridized carbons (Fsp3) is 0.211. The first-order chi connectivity index (χ1) is 13.7. The molecule has 0 aliphatic rings. The molecule has 3 aromatic rings. The summed E-state index contributed by atoms with van der Waals surface area (Å²) in [4.78, 5) is 12.0. The molecule has 7 nitrogen and oxygen atoms in total. The molecule has 2 aromatic carbocycles. The van der Waals surface area contributed by atoms with E-state index in [4.69, 9.17) is 32.4 Å². The lowest BCUT2D eigenvalue weighted by molar-refractivity contribution is 0.265. The van der Waals surface area contributed by atoms with Crippen LogP contribution in [-0.2, 0) is 29.6 Å². The van der Waals surface area contributed by atoms with Crippen LogP contribution in [0.3, 0.4) is 0 Å². The van der Waals surface area contributed by atoms with E-state index in [-0.39, 0.29) is 6.61 Å². The third kappa shape index (κ3) is 6.28. The number of rotatable bonds is 8. The molecule has 10 heteroatoms. The first kappa shape index (κ1) is 21.3. The normalized spacial score (nSPS) is 11.4. The van der Waals surface area contributed by atoms with Gasteiger partial charge in [-0.2, -0.15) is 0 Å². The Morgan fingerprint density at radius 3 is 2.48 bits per heavy atom. The monoisotopic (exact) mass is 456 g/mol. The summed E-state index contributed by atoms with van der Waals surface area (Å²) in [6.07, 6.45) is 3.26. The van der Waals surface area contributed by atoms with Crippen LogP contribution in [0, 0.1) is 0 Å². The number of aryl methyl sites for hydroxylation is 2. The largest absolute Gasteiger partial charge is 0.486 e. The number of halogens is 2. The van der Waals surface area contributed by atoms with Gasteiger partial charge in [-0.05, 0) is 48.4 Å². The average molecular weight is 457 g/mol. The van der Waals surface area contributed by atoms with E-state index < -0.39 is 15.8 Å². The molecular weight excluding hydrogens is 439 g/mol. The van der Waals surface area contributed by atoms with Gasteiger partial charge in [0.25, 0.3) is 0 Å². The van der Waals surface area contributed by atoms with E-state index in [2.05, 4.69) is 4.72 Å². The van der Waals surface area contributed by atoms with Crippen LogP contribution in [0.15, 0.2) is 57.9 Å². The molecule has 154 valence electrons. The van der Waals surface area contributed by atoms with Crippen molar-refractivity contribution < 1.29 is 17.6 Å². The quantitative estimate of drug-likeness (QED) is 0.554. The topological polar surface area (TPSA) is 90.5 Å². The molecule has 0 unspecified atom stereocenters. The van der Waals surface area contributed by atoms with Crippen LogP contribution >= 0.6 is 23.2 Å². The highest BCUT2D eigenvalue weighted by molar-refractivity contribution is 7.92. The second-order valence-electron chi connectivity index (χ2n) is 6.34. The molecule has 0 atom stereocenters. The summed E-state index contributed by atoms with van der Waals surface area (Å²) < 4.78 is 37.0. The number of oxazole rings is 1. The van der Waals surface area contributed by atoms with Crippen LogP contribution in [0.4, 0.5) is 5.69 Å². The van der Waals surface area contributed by atoms with Crippen molar-refractivity contribution in [2.45, 2.75) is 19.6 Å². The first-order valence-electron chi connectivity index (χ1n) is 8.53. The molecule has 1 aromatic heterocycles. The Morgan fingerprint density at radius 1 is 1.10 bits per heavy atom. The number of aromatic nitrogens is 1. The maximum Gasteiger partial charge on any atom is 0.419 e. The molecule has 0 saturated carbocycles. The first-order valence-corrected chi connectivity index (χ1v) is 11.2. The van der Waals surface area contributed by atoms with E-state index in [1.807, 2.05) is 6.07 Å².